The lowest BCUT2D eigenvalue weighted by atomic mass is 10.00. The fourth-order valence-electron chi connectivity index (χ4n) is 2.07. The van der Waals surface area contributed by atoms with Crippen LogP contribution in [0.1, 0.15) is 35.9 Å². The van der Waals surface area contributed by atoms with E-state index in [1.807, 2.05) is 63.2 Å². The molecule has 0 aromatic heterocycles. The van der Waals surface area contributed by atoms with E-state index in [1.165, 1.54) is 0 Å². The predicted octanol–water partition coefficient (Wildman–Crippen LogP) is 5.76. The van der Waals surface area contributed by atoms with E-state index in [4.69, 9.17) is 27.9 Å². The molecule has 0 radical (unpaired) electrons. The van der Waals surface area contributed by atoms with Crippen molar-refractivity contribution in [3.63, 3.8) is 0 Å². The molecule has 0 saturated heterocycles. The normalized spacial score (nSPS) is 12.5. The predicted molar refractivity (Wildman–Crippen MR) is 86.1 cm³/mol. The van der Waals surface area contributed by atoms with Crippen molar-refractivity contribution in [3.05, 3.63) is 64.2 Å². The Hall–Kier alpha value is -1.18. The van der Waals surface area contributed by atoms with Crippen LogP contribution < -0.4 is 4.74 Å². The molecule has 1 nitrogen and oxygen atoms in total. The van der Waals surface area contributed by atoms with Crippen molar-refractivity contribution in [2.45, 2.75) is 32.3 Å². The third-order valence-electron chi connectivity index (χ3n) is 3.13. The molecular formula is C17H18Cl2O. The first-order valence-corrected chi connectivity index (χ1v) is 7.46. The van der Waals surface area contributed by atoms with Crippen LogP contribution in [0.2, 0.25) is 5.02 Å². The molecule has 0 N–H and O–H groups in total. The number of hydrogen-bond acceptors (Lipinski definition) is 1. The van der Waals surface area contributed by atoms with E-state index in [1.54, 1.807) is 0 Å². The first-order chi connectivity index (χ1) is 9.49. The average Bonchev–Trinajstić information content (AvgIpc) is 2.41. The Bertz CT molecular complexity index is 576. The van der Waals surface area contributed by atoms with Gasteiger partial charge in [0.2, 0.25) is 0 Å². The van der Waals surface area contributed by atoms with Crippen molar-refractivity contribution < 1.29 is 4.74 Å². The van der Waals surface area contributed by atoms with Crippen molar-refractivity contribution in [1.82, 2.24) is 0 Å². The molecule has 1 atom stereocenters. The lowest BCUT2D eigenvalue weighted by molar-refractivity contribution is 0.242. The van der Waals surface area contributed by atoms with Gasteiger partial charge in [-0.2, -0.15) is 0 Å². The highest BCUT2D eigenvalue weighted by atomic mass is 35.5. The first kappa shape index (κ1) is 15.2. The molecule has 2 rings (SSSR count). The molecule has 3 heteroatoms. The standard InChI is InChI=1S/C17H18Cl2O/c1-11(2)20-14-9-7-13(8-10-14)17(19)15-5-4-6-16(18)12(15)3/h4-11,17H,1-3H3. The second-order valence-electron chi connectivity index (χ2n) is 5.05. The quantitative estimate of drug-likeness (QED) is 0.652. The number of alkyl halides is 1. The van der Waals surface area contributed by atoms with Gasteiger partial charge < -0.3 is 4.74 Å². The SMILES string of the molecule is Cc1c(Cl)cccc1C(Cl)c1ccc(OC(C)C)cc1. The number of ether oxygens (including phenoxy) is 1. The molecule has 0 aliphatic heterocycles. The highest BCUT2D eigenvalue weighted by molar-refractivity contribution is 6.31. The second kappa shape index (κ2) is 6.51. The lowest BCUT2D eigenvalue weighted by Gasteiger charge is -2.15. The van der Waals surface area contributed by atoms with Gasteiger partial charge in [0.05, 0.1) is 11.5 Å². The zero-order valence-corrected chi connectivity index (χ0v) is 13.4. The minimum Gasteiger partial charge on any atom is -0.491 e. The molecule has 0 heterocycles. The third-order valence-corrected chi connectivity index (χ3v) is 4.02. The van der Waals surface area contributed by atoms with Gasteiger partial charge in [-0.1, -0.05) is 35.9 Å². The number of benzene rings is 2. The first-order valence-electron chi connectivity index (χ1n) is 6.64. The summed E-state index contributed by atoms with van der Waals surface area (Å²) < 4.78 is 5.63. The Labute approximate surface area is 130 Å². The van der Waals surface area contributed by atoms with Crippen molar-refractivity contribution in [2.24, 2.45) is 0 Å². The molecule has 1 unspecified atom stereocenters. The summed E-state index contributed by atoms with van der Waals surface area (Å²) in [4.78, 5) is 0. The van der Waals surface area contributed by atoms with E-state index < -0.39 is 0 Å². The van der Waals surface area contributed by atoms with Gasteiger partial charge in [0.15, 0.2) is 0 Å². The van der Waals surface area contributed by atoms with Gasteiger partial charge in [-0.15, -0.1) is 11.6 Å². The van der Waals surface area contributed by atoms with Crippen LogP contribution in [0.5, 0.6) is 5.75 Å². The van der Waals surface area contributed by atoms with E-state index in [2.05, 4.69) is 0 Å². The molecule has 0 spiro atoms. The molecule has 2 aromatic carbocycles. The van der Waals surface area contributed by atoms with Crippen LogP contribution in [0.3, 0.4) is 0 Å². The van der Waals surface area contributed by atoms with E-state index in [-0.39, 0.29) is 11.5 Å². The monoisotopic (exact) mass is 308 g/mol. The molecule has 0 saturated carbocycles. The lowest BCUT2D eigenvalue weighted by Crippen LogP contribution is -2.05. The highest BCUT2D eigenvalue weighted by Crippen LogP contribution is 2.34. The highest BCUT2D eigenvalue weighted by Gasteiger charge is 2.14. The minimum absolute atomic E-state index is 0.169. The van der Waals surface area contributed by atoms with Crippen molar-refractivity contribution in [3.8, 4) is 5.75 Å². The minimum atomic E-state index is -0.207. The van der Waals surface area contributed by atoms with Crippen molar-refractivity contribution >= 4 is 23.2 Å². The zero-order chi connectivity index (χ0) is 14.7. The molecule has 0 bridgehead atoms. The van der Waals surface area contributed by atoms with Crippen LogP contribution in [-0.4, -0.2) is 6.10 Å². The van der Waals surface area contributed by atoms with Gasteiger partial charge in [-0.25, -0.2) is 0 Å². The van der Waals surface area contributed by atoms with E-state index in [9.17, 15) is 0 Å². The molecular weight excluding hydrogens is 291 g/mol. The van der Waals surface area contributed by atoms with Crippen molar-refractivity contribution in [1.29, 1.82) is 0 Å². The van der Waals surface area contributed by atoms with E-state index in [0.717, 1.165) is 27.5 Å². The Kier molecular flexibility index (Phi) is 4.95. The van der Waals surface area contributed by atoms with Gasteiger partial charge in [-0.05, 0) is 55.7 Å². The summed E-state index contributed by atoms with van der Waals surface area (Å²) >= 11 is 12.7. The van der Waals surface area contributed by atoms with Gasteiger partial charge in [-0.3, -0.25) is 0 Å². The topological polar surface area (TPSA) is 9.23 Å². The summed E-state index contributed by atoms with van der Waals surface area (Å²) in [6.45, 7) is 6.00. The van der Waals surface area contributed by atoms with Gasteiger partial charge >= 0.3 is 0 Å². The van der Waals surface area contributed by atoms with Crippen LogP contribution >= 0.6 is 23.2 Å². The Morgan fingerprint density at radius 1 is 1.00 bits per heavy atom. The Morgan fingerprint density at radius 3 is 2.25 bits per heavy atom. The van der Waals surface area contributed by atoms with Crippen LogP contribution in [0.25, 0.3) is 0 Å². The number of rotatable bonds is 4. The summed E-state index contributed by atoms with van der Waals surface area (Å²) in [6.07, 6.45) is 0.169. The zero-order valence-electron chi connectivity index (χ0n) is 11.9. The molecule has 2 aromatic rings. The second-order valence-corrected chi connectivity index (χ2v) is 5.90. The molecule has 106 valence electrons. The molecule has 0 aliphatic rings. The molecule has 0 aliphatic carbocycles. The maximum absolute atomic E-state index is 6.57. The molecule has 0 fully saturated rings. The summed E-state index contributed by atoms with van der Waals surface area (Å²) in [5, 5.41) is 0.537. The maximum atomic E-state index is 6.57. The van der Waals surface area contributed by atoms with Gasteiger partial charge in [0.25, 0.3) is 0 Å². The fraction of sp³-hybridized carbons (Fsp3) is 0.294. The van der Waals surface area contributed by atoms with Gasteiger partial charge in [0, 0.05) is 5.02 Å². The number of hydrogen-bond donors (Lipinski definition) is 0. The summed E-state index contributed by atoms with van der Waals surface area (Å²) in [5.74, 6) is 0.857. The van der Waals surface area contributed by atoms with Crippen LogP contribution in [-0.2, 0) is 0 Å². The summed E-state index contributed by atoms with van der Waals surface area (Å²) in [7, 11) is 0. The smallest absolute Gasteiger partial charge is 0.119 e. The van der Waals surface area contributed by atoms with Crippen molar-refractivity contribution in [2.75, 3.05) is 0 Å². The van der Waals surface area contributed by atoms with Crippen LogP contribution in [0, 0.1) is 6.92 Å². The largest absolute Gasteiger partial charge is 0.491 e. The summed E-state index contributed by atoms with van der Waals surface area (Å²) in [5.41, 5.74) is 3.10. The molecule has 20 heavy (non-hydrogen) atoms. The fourth-order valence-corrected chi connectivity index (χ4v) is 2.63. The average molecular weight is 309 g/mol. The molecule has 0 amide bonds. The third kappa shape index (κ3) is 3.47. The Balaban J connectivity index is 2.25. The van der Waals surface area contributed by atoms with Crippen LogP contribution in [0.15, 0.2) is 42.5 Å². The summed E-state index contributed by atoms with van der Waals surface area (Å²) in [6, 6.07) is 13.7. The maximum Gasteiger partial charge on any atom is 0.119 e. The van der Waals surface area contributed by atoms with E-state index in [0.29, 0.717) is 0 Å². The number of halogens is 2. The van der Waals surface area contributed by atoms with Crippen LogP contribution in [0.4, 0.5) is 0 Å². The van der Waals surface area contributed by atoms with E-state index >= 15 is 0 Å². The van der Waals surface area contributed by atoms with Gasteiger partial charge in [0.1, 0.15) is 5.75 Å². The Morgan fingerprint density at radius 2 is 1.65 bits per heavy atom.